The lowest BCUT2D eigenvalue weighted by Gasteiger charge is -2.36. The molecule has 1 aliphatic heterocycles. The fourth-order valence-electron chi connectivity index (χ4n) is 3.85. The predicted molar refractivity (Wildman–Crippen MR) is 115 cm³/mol. The van der Waals surface area contributed by atoms with E-state index in [4.69, 9.17) is 4.74 Å². The van der Waals surface area contributed by atoms with E-state index in [1.165, 1.54) is 0 Å². The third-order valence-electron chi connectivity index (χ3n) is 5.45. The number of hydrogen-bond donors (Lipinski definition) is 1. The molecule has 0 saturated carbocycles. The maximum absolute atomic E-state index is 12.6. The zero-order valence-electron chi connectivity index (χ0n) is 17.1. The zero-order valence-corrected chi connectivity index (χ0v) is 17.1. The lowest BCUT2D eigenvalue weighted by Crippen LogP contribution is -2.41. The lowest BCUT2D eigenvalue weighted by molar-refractivity contribution is 0.0773. The number of rotatable bonds is 7. The van der Waals surface area contributed by atoms with E-state index in [-0.39, 0.29) is 5.91 Å². The summed E-state index contributed by atoms with van der Waals surface area (Å²) in [6.07, 6.45) is 2.16. The molecule has 0 spiro atoms. The monoisotopic (exact) mass is 381 g/mol. The molecule has 2 aromatic carbocycles. The molecule has 1 heterocycles. The fourth-order valence-corrected chi connectivity index (χ4v) is 3.85. The van der Waals surface area contributed by atoms with E-state index in [2.05, 4.69) is 34.5 Å². The van der Waals surface area contributed by atoms with Gasteiger partial charge < -0.3 is 19.9 Å². The molecule has 1 saturated heterocycles. The van der Waals surface area contributed by atoms with Crippen LogP contribution >= 0.6 is 0 Å². The summed E-state index contributed by atoms with van der Waals surface area (Å²) in [4.78, 5) is 16.9. The van der Waals surface area contributed by atoms with E-state index >= 15 is 0 Å². The predicted octanol–water partition coefficient (Wildman–Crippen LogP) is 4.07. The standard InChI is InChI=1S/C23H31N3O2/c1-4-25(5-2)23(27)18-9-11-19(12-10-18)26(20-13-15-24-16-14-20)21-7-6-8-22(17-21)28-3/h6-12,17,20,24H,4-5,13-16H2,1-3H3. The molecule has 5 heteroatoms. The topological polar surface area (TPSA) is 44.8 Å². The van der Waals surface area contributed by atoms with Crippen LogP contribution in [0.25, 0.3) is 0 Å². The van der Waals surface area contributed by atoms with Crippen LogP contribution in [0, 0.1) is 0 Å². The molecule has 0 aliphatic carbocycles. The van der Waals surface area contributed by atoms with Gasteiger partial charge in [0, 0.05) is 42.1 Å². The third kappa shape index (κ3) is 4.47. The summed E-state index contributed by atoms with van der Waals surface area (Å²) in [5.74, 6) is 0.941. The number of amides is 1. The van der Waals surface area contributed by atoms with Gasteiger partial charge in [-0.3, -0.25) is 4.79 Å². The Morgan fingerprint density at radius 3 is 2.32 bits per heavy atom. The minimum absolute atomic E-state index is 0.0892. The van der Waals surface area contributed by atoms with E-state index in [0.29, 0.717) is 6.04 Å². The molecule has 0 radical (unpaired) electrons. The van der Waals surface area contributed by atoms with Crippen LogP contribution in [0.15, 0.2) is 48.5 Å². The largest absolute Gasteiger partial charge is 0.497 e. The average molecular weight is 382 g/mol. The maximum atomic E-state index is 12.6. The molecule has 3 rings (SSSR count). The Hall–Kier alpha value is -2.53. The van der Waals surface area contributed by atoms with Crippen molar-refractivity contribution in [3.8, 4) is 5.75 Å². The number of nitrogens with zero attached hydrogens (tertiary/aromatic N) is 2. The molecule has 1 N–H and O–H groups in total. The van der Waals surface area contributed by atoms with Crippen molar-refractivity contribution in [1.29, 1.82) is 0 Å². The lowest BCUT2D eigenvalue weighted by atomic mass is 10.0. The summed E-state index contributed by atoms with van der Waals surface area (Å²) in [7, 11) is 1.70. The minimum Gasteiger partial charge on any atom is -0.497 e. The first kappa shape index (κ1) is 20.2. The number of carbonyl (C=O) groups is 1. The normalized spacial score (nSPS) is 14.5. The number of methoxy groups -OCH3 is 1. The van der Waals surface area contributed by atoms with Gasteiger partial charge in [0.15, 0.2) is 0 Å². The summed E-state index contributed by atoms with van der Waals surface area (Å²) < 4.78 is 5.44. The van der Waals surface area contributed by atoms with Crippen molar-refractivity contribution in [1.82, 2.24) is 10.2 Å². The first-order valence-corrected chi connectivity index (χ1v) is 10.2. The molecule has 0 aromatic heterocycles. The van der Waals surface area contributed by atoms with Gasteiger partial charge in [-0.15, -0.1) is 0 Å². The molecule has 1 amide bonds. The van der Waals surface area contributed by atoms with Crippen LogP contribution in [0.2, 0.25) is 0 Å². The SMILES string of the molecule is CCN(CC)C(=O)c1ccc(N(c2cccc(OC)c2)C2CCNCC2)cc1. The van der Waals surface area contributed by atoms with Crippen LogP contribution in [0.3, 0.4) is 0 Å². The minimum atomic E-state index is 0.0892. The van der Waals surface area contributed by atoms with Crippen LogP contribution < -0.4 is 15.0 Å². The Labute approximate surface area is 168 Å². The van der Waals surface area contributed by atoms with E-state index in [1.54, 1.807) is 7.11 Å². The number of carbonyl (C=O) groups excluding carboxylic acids is 1. The highest BCUT2D eigenvalue weighted by atomic mass is 16.5. The van der Waals surface area contributed by atoms with Gasteiger partial charge in [0.1, 0.15) is 5.75 Å². The van der Waals surface area contributed by atoms with Gasteiger partial charge in [-0.1, -0.05) is 6.07 Å². The first-order valence-electron chi connectivity index (χ1n) is 10.2. The van der Waals surface area contributed by atoms with Crippen LogP contribution in [-0.2, 0) is 0 Å². The van der Waals surface area contributed by atoms with E-state index in [0.717, 1.165) is 61.7 Å². The molecule has 1 fully saturated rings. The second-order valence-corrected chi connectivity index (χ2v) is 7.08. The van der Waals surface area contributed by atoms with Crippen molar-refractivity contribution in [2.75, 3.05) is 38.2 Å². The summed E-state index contributed by atoms with van der Waals surface area (Å²) in [6, 6.07) is 16.6. The first-order chi connectivity index (χ1) is 13.7. The van der Waals surface area contributed by atoms with Gasteiger partial charge in [0.2, 0.25) is 0 Å². The second kappa shape index (κ2) is 9.60. The molecular weight excluding hydrogens is 350 g/mol. The van der Waals surface area contributed by atoms with Crippen LogP contribution in [0.1, 0.15) is 37.0 Å². The van der Waals surface area contributed by atoms with Crippen molar-refractivity contribution in [3.63, 3.8) is 0 Å². The number of piperidine rings is 1. The summed E-state index contributed by atoms with van der Waals surface area (Å²) in [5.41, 5.74) is 2.97. The molecule has 0 bridgehead atoms. The quantitative estimate of drug-likeness (QED) is 0.785. The van der Waals surface area contributed by atoms with Crippen molar-refractivity contribution in [2.45, 2.75) is 32.7 Å². The molecule has 150 valence electrons. The highest BCUT2D eigenvalue weighted by Crippen LogP contribution is 2.33. The number of hydrogen-bond acceptors (Lipinski definition) is 4. The van der Waals surface area contributed by atoms with Gasteiger partial charge in [-0.25, -0.2) is 0 Å². The zero-order chi connectivity index (χ0) is 19.9. The van der Waals surface area contributed by atoms with E-state index in [1.807, 2.05) is 43.0 Å². The molecule has 5 nitrogen and oxygen atoms in total. The summed E-state index contributed by atoms with van der Waals surface area (Å²) in [5, 5.41) is 3.44. The molecule has 1 aliphatic rings. The number of nitrogens with one attached hydrogen (secondary N) is 1. The Bertz CT molecular complexity index is 766. The van der Waals surface area contributed by atoms with Crippen LogP contribution in [-0.4, -0.2) is 50.1 Å². The maximum Gasteiger partial charge on any atom is 0.253 e. The summed E-state index contributed by atoms with van der Waals surface area (Å²) >= 11 is 0. The second-order valence-electron chi connectivity index (χ2n) is 7.08. The van der Waals surface area contributed by atoms with Gasteiger partial charge >= 0.3 is 0 Å². The Kier molecular flexibility index (Phi) is 6.93. The van der Waals surface area contributed by atoms with Crippen molar-refractivity contribution < 1.29 is 9.53 Å². The highest BCUT2D eigenvalue weighted by molar-refractivity contribution is 5.94. The summed E-state index contributed by atoms with van der Waals surface area (Å²) in [6.45, 7) is 7.51. The van der Waals surface area contributed by atoms with Crippen molar-refractivity contribution in [3.05, 3.63) is 54.1 Å². The molecule has 2 aromatic rings. The van der Waals surface area contributed by atoms with Gasteiger partial charge in [-0.2, -0.15) is 0 Å². The van der Waals surface area contributed by atoms with Gasteiger partial charge in [-0.05, 0) is 76.2 Å². The Balaban J connectivity index is 1.92. The van der Waals surface area contributed by atoms with Gasteiger partial charge in [0.25, 0.3) is 5.91 Å². The van der Waals surface area contributed by atoms with Gasteiger partial charge in [0.05, 0.1) is 7.11 Å². The van der Waals surface area contributed by atoms with Crippen LogP contribution in [0.4, 0.5) is 11.4 Å². The molecular formula is C23H31N3O2. The Morgan fingerprint density at radius 1 is 1.04 bits per heavy atom. The van der Waals surface area contributed by atoms with Crippen molar-refractivity contribution >= 4 is 17.3 Å². The van der Waals surface area contributed by atoms with E-state index < -0.39 is 0 Å². The number of anilines is 2. The van der Waals surface area contributed by atoms with Crippen LogP contribution in [0.5, 0.6) is 5.75 Å². The van der Waals surface area contributed by atoms with E-state index in [9.17, 15) is 4.79 Å². The average Bonchev–Trinajstić information content (AvgIpc) is 2.76. The molecule has 0 unspecified atom stereocenters. The highest BCUT2D eigenvalue weighted by Gasteiger charge is 2.23. The Morgan fingerprint density at radius 2 is 1.71 bits per heavy atom. The smallest absolute Gasteiger partial charge is 0.253 e. The fraction of sp³-hybridized carbons (Fsp3) is 0.435. The third-order valence-corrected chi connectivity index (χ3v) is 5.45. The molecule has 28 heavy (non-hydrogen) atoms. The van der Waals surface area contributed by atoms with Crippen molar-refractivity contribution in [2.24, 2.45) is 0 Å². The number of benzene rings is 2. The molecule has 0 atom stereocenters. The number of ether oxygens (including phenoxy) is 1.